The van der Waals surface area contributed by atoms with Gasteiger partial charge in [0.15, 0.2) is 0 Å². The molecule has 1 aliphatic rings. The van der Waals surface area contributed by atoms with Gasteiger partial charge < -0.3 is 5.11 Å². The standard InChI is InChI=1S/C16H13BrN2O2/c17-12-6-8-13(9-7-12)19-15(10-14(18-19)16(20)21)11-4-2-1-3-5-11/h1-9,15H,10H2,(H,20,21). The minimum absolute atomic E-state index is 0.0847. The van der Waals surface area contributed by atoms with Crippen LogP contribution in [-0.4, -0.2) is 16.8 Å². The monoisotopic (exact) mass is 344 g/mol. The molecular weight excluding hydrogens is 332 g/mol. The van der Waals surface area contributed by atoms with E-state index in [4.69, 9.17) is 0 Å². The molecule has 1 atom stereocenters. The molecule has 2 aromatic rings. The second kappa shape index (κ2) is 5.69. The van der Waals surface area contributed by atoms with Gasteiger partial charge in [0.2, 0.25) is 0 Å². The Bertz CT molecular complexity index is 683. The van der Waals surface area contributed by atoms with Crippen molar-refractivity contribution in [3.63, 3.8) is 0 Å². The van der Waals surface area contributed by atoms with Gasteiger partial charge in [-0.3, -0.25) is 5.01 Å². The number of aliphatic carboxylic acids is 1. The van der Waals surface area contributed by atoms with Crippen molar-refractivity contribution in [1.29, 1.82) is 0 Å². The summed E-state index contributed by atoms with van der Waals surface area (Å²) in [5, 5.41) is 15.3. The van der Waals surface area contributed by atoms with Gasteiger partial charge >= 0.3 is 5.97 Å². The van der Waals surface area contributed by atoms with E-state index >= 15 is 0 Å². The highest BCUT2D eigenvalue weighted by molar-refractivity contribution is 9.10. The minimum atomic E-state index is -0.962. The Labute approximate surface area is 130 Å². The molecule has 106 valence electrons. The number of anilines is 1. The number of carboxylic acids is 1. The Morgan fingerprint density at radius 2 is 1.81 bits per heavy atom. The van der Waals surface area contributed by atoms with Crippen LogP contribution in [0.25, 0.3) is 0 Å². The topological polar surface area (TPSA) is 52.9 Å². The van der Waals surface area contributed by atoms with Crippen LogP contribution >= 0.6 is 15.9 Å². The number of carbonyl (C=O) groups is 1. The first-order valence-electron chi connectivity index (χ1n) is 6.55. The quantitative estimate of drug-likeness (QED) is 0.920. The number of hydrazone groups is 1. The van der Waals surface area contributed by atoms with Crippen molar-refractivity contribution in [2.45, 2.75) is 12.5 Å². The van der Waals surface area contributed by atoms with Crippen molar-refractivity contribution in [3.05, 3.63) is 64.6 Å². The molecule has 0 amide bonds. The zero-order chi connectivity index (χ0) is 14.8. The molecule has 0 saturated carbocycles. The first-order valence-corrected chi connectivity index (χ1v) is 7.35. The highest BCUT2D eigenvalue weighted by Crippen LogP contribution is 2.35. The summed E-state index contributed by atoms with van der Waals surface area (Å²) in [7, 11) is 0. The fraction of sp³-hybridized carbons (Fsp3) is 0.125. The van der Waals surface area contributed by atoms with E-state index in [0.29, 0.717) is 6.42 Å². The summed E-state index contributed by atoms with van der Waals surface area (Å²) >= 11 is 3.40. The molecule has 0 aliphatic carbocycles. The number of hydrogen-bond donors (Lipinski definition) is 1. The molecule has 0 saturated heterocycles. The van der Waals surface area contributed by atoms with Gasteiger partial charge in [-0.15, -0.1) is 0 Å². The molecule has 21 heavy (non-hydrogen) atoms. The Morgan fingerprint density at radius 3 is 2.43 bits per heavy atom. The molecule has 0 fully saturated rings. The maximum atomic E-state index is 11.2. The number of nitrogens with zero attached hydrogens (tertiary/aromatic N) is 2. The van der Waals surface area contributed by atoms with E-state index in [2.05, 4.69) is 21.0 Å². The Balaban J connectivity index is 2.00. The maximum absolute atomic E-state index is 11.2. The summed E-state index contributed by atoms with van der Waals surface area (Å²) in [4.78, 5) is 11.2. The molecule has 1 unspecified atom stereocenters. The molecule has 1 N–H and O–H groups in total. The Morgan fingerprint density at radius 1 is 1.14 bits per heavy atom. The van der Waals surface area contributed by atoms with E-state index in [1.807, 2.05) is 54.6 Å². The van der Waals surface area contributed by atoms with Gasteiger partial charge in [0.1, 0.15) is 5.71 Å². The summed E-state index contributed by atoms with van der Waals surface area (Å²) in [6.45, 7) is 0. The van der Waals surface area contributed by atoms with E-state index in [1.54, 1.807) is 5.01 Å². The van der Waals surface area contributed by atoms with Gasteiger partial charge in [0.05, 0.1) is 11.7 Å². The molecule has 4 nitrogen and oxygen atoms in total. The minimum Gasteiger partial charge on any atom is -0.477 e. The van der Waals surface area contributed by atoms with Crippen molar-refractivity contribution in [1.82, 2.24) is 0 Å². The summed E-state index contributed by atoms with van der Waals surface area (Å²) in [6, 6.07) is 17.5. The number of benzene rings is 2. The molecule has 0 aromatic heterocycles. The molecule has 1 heterocycles. The lowest BCUT2D eigenvalue weighted by atomic mass is 10.0. The molecule has 2 aromatic carbocycles. The Kier molecular flexibility index (Phi) is 3.75. The first kappa shape index (κ1) is 13.8. The number of halogens is 1. The fourth-order valence-corrected chi connectivity index (χ4v) is 2.67. The van der Waals surface area contributed by atoms with E-state index in [-0.39, 0.29) is 11.8 Å². The number of carboxylic acid groups (broad SMARTS) is 1. The fourth-order valence-electron chi connectivity index (χ4n) is 2.41. The molecule has 3 rings (SSSR count). The van der Waals surface area contributed by atoms with Crippen molar-refractivity contribution >= 4 is 33.3 Å². The van der Waals surface area contributed by atoms with Crippen molar-refractivity contribution in [2.75, 3.05) is 5.01 Å². The van der Waals surface area contributed by atoms with E-state index in [9.17, 15) is 9.90 Å². The van der Waals surface area contributed by atoms with Crippen LogP contribution in [0.5, 0.6) is 0 Å². The lowest BCUT2D eigenvalue weighted by Gasteiger charge is -2.24. The zero-order valence-corrected chi connectivity index (χ0v) is 12.7. The van der Waals surface area contributed by atoms with Crippen LogP contribution in [0, 0.1) is 0 Å². The van der Waals surface area contributed by atoms with E-state index in [0.717, 1.165) is 15.7 Å². The van der Waals surface area contributed by atoms with Crippen LogP contribution in [0.3, 0.4) is 0 Å². The number of hydrogen-bond acceptors (Lipinski definition) is 3. The normalized spacial score (nSPS) is 17.7. The molecule has 1 aliphatic heterocycles. The van der Waals surface area contributed by atoms with Gasteiger partial charge in [0, 0.05) is 10.9 Å². The number of rotatable bonds is 3. The lowest BCUT2D eigenvalue weighted by molar-refractivity contribution is -0.129. The first-order chi connectivity index (χ1) is 10.1. The molecule has 0 radical (unpaired) electrons. The van der Waals surface area contributed by atoms with Crippen LogP contribution in [0.15, 0.2) is 64.2 Å². The van der Waals surface area contributed by atoms with Crippen LogP contribution in [-0.2, 0) is 4.79 Å². The van der Waals surface area contributed by atoms with Crippen LogP contribution in [0.2, 0.25) is 0 Å². The van der Waals surface area contributed by atoms with E-state index in [1.165, 1.54) is 0 Å². The molecule has 0 spiro atoms. The van der Waals surface area contributed by atoms with Gasteiger partial charge in [-0.1, -0.05) is 46.3 Å². The highest BCUT2D eigenvalue weighted by Gasteiger charge is 2.32. The van der Waals surface area contributed by atoms with Crippen LogP contribution < -0.4 is 5.01 Å². The van der Waals surface area contributed by atoms with Crippen molar-refractivity contribution < 1.29 is 9.90 Å². The smallest absolute Gasteiger partial charge is 0.352 e. The third-order valence-corrected chi connectivity index (χ3v) is 3.96. The van der Waals surface area contributed by atoms with Gasteiger partial charge in [0.25, 0.3) is 0 Å². The van der Waals surface area contributed by atoms with E-state index < -0.39 is 5.97 Å². The SMILES string of the molecule is O=C(O)C1=NN(c2ccc(Br)cc2)C(c2ccccc2)C1. The zero-order valence-electron chi connectivity index (χ0n) is 11.1. The molecule has 5 heteroatoms. The van der Waals surface area contributed by atoms with Crippen LogP contribution in [0.1, 0.15) is 18.0 Å². The highest BCUT2D eigenvalue weighted by atomic mass is 79.9. The molecule has 0 bridgehead atoms. The summed E-state index contributed by atoms with van der Waals surface area (Å²) < 4.78 is 0.976. The Hall–Kier alpha value is -2.14. The van der Waals surface area contributed by atoms with Gasteiger partial charge in [-0.05, 0) is 29.8 Å². The largest absolute Gasteiger partial charge is 0.477 e. The second-order valence-electron chi connectivity index (χ2n) is 4.80. The van der Waals surface area contributed by atoms with Gasteiger partial charge in [-0.2, -0.15) is 5.10 Å². The van der Waals surface area contributed by atoms with Crippen molar-refractivity contribution in [2.24, 2.45) is 5.10 Å². The third-order valence-electron chi connectivity index (χ3n) is 3.43. The third kappa shape index (κ3) is 2.83. The predicted molar refractivity (Wildman–Crippen MR) is 85.5 cm³/mol. The van der Waals surface area contributed by atoms with Gasteiger partial charge in [-0.25, -0.2) is 4.79 Å². The summed E-state index contributed by atoms with van der Waals surface area (Å²) in [5.41, 5.74) is 2.12. The lowest BCUT2D eigenvalue weighted by Crippen LogP contribution is -2.18. The predicted octanol–water partition coefficient (Wildman–Crippen LogP) is 3.84. The average Bonchev–Trinajstić information content (AvgIpc) is 2.94. The van der Waals surface area contributed by atoms with Crippen LogP contribution in [0.4, 0.5) is 5.69 Å². The average molecular weight is 345 g/mol. The molecular formula is C16H13BrN2O2. The maximum Gasteiger partial charge on any atom is 0.352 e. The summed E-state index contributed by atoms with van der Waals surface area (Å²) in [6.07, 6.45) is 0.398. The second-order valence-corrected chi connectivity index (χ2v) is 5.72. The summed E-state index contributed by atoms with van der Waals surface area (Å²) in [5.74, 6) is -0.962. The van der Waals surface area contributed by atoms with Crippen molar-refractivity contribution in [3.8, 4) is 0 Å².